The first-order valence-electron chi connectivity index (χ1n) is 24.4. The molecular formula is C48H97N3O4. The lowest BCUT2D eigenvalue weighted by Crippen LogP contribution is -2.48. The van der Waals surface area contributed by atoms with Crippen LogP contribution in [-0.2, 0) is 14.4 Å². The summed E-state index contributed by atoms with van der Waals surface area (Å²) in [5, 5.41) is 9.82. The van der Waals surface area contributed by atoms with Crippen molar-refractivity contribution in [3.05, 3.63) is 0 Å². The Bertz CT molecular complexity index is 758. The normalized spacial score (nSPS) is 11.7. The molecule has 0 aliphatic rings. The summed E-state index contributed by atoms with van der Waals surface area (Å²) < 4.78 is 0. The highest BCUT2D eigenvalue weighted by atomic mass is 16.4. The third-order valence-corrected chi connectivity index (χ3v) is 11.1. The molecule has 1 unspecified atom stereocenters. The minimum atomic E-state index is -1.09. The molecule has 2 amide bonds. The minimum Gasteiger partial charge on any atom is -0.480 e. The smallest absolute Gasteiger partial charge is 0.326 e. The second-order valence-corrected chi connectivity index (χ2v) is 16.5. The van der Waals surface area contributed by atoms with Crippen molar-refractivity contribution in [3.63, 3.8) is 0 Å². The van der Waals surface area contributed by atoms with E-state index in [1.807, 2.05) is 0 Å². The second kappa shape index (κ2) is 46.9. The molecule has 0 aromatic heterocycles. The highest BCUT2D eigenvalue weighted by molar-refractivity contribution is 5.99. The highest BCUT2D eigenvalue weighted by Gasteiger charge is 2.33. The fourth-order valence-electron chi connectivity index (χ4n) is 7.44. The second-order valence-electron chi connectivity index (χ2n) is 16.5. The van der Waals surface area contributed by atoms with Gasteiger partial charge in [-0.25, -0.2) is 4.79 Å². The maximum absolute atomic E-state index is 13.0. The van der Waals surface area contributed by atoms with Crippen LogP contribution in [0.4, 0.5) is 0 Å². The summed E-state index contributed by atoms with van der Waals surface area (Å²) in [6, 6.07) is -1.08. The summed E-state index contributed by atoms with van der Waals surface area (Å²) in [6.45, 7) is 8.07. The van der Waals surface area contributed by atoms with Crippen molar-refractivity contribution in [3.8, 4) is 0 Å². The maximum Gasteiger partial charge on any atom is 0.326 e. The first kappa shape index (κ1) is 55.6. The minimum absolute atomic E-state index is 0.250. The molecule has 7 heteroatoms. The van der Waals surface area contributed by atoms with Crippen LogP contribution in [0, 0.1) is 0 Å². The van der Waals surface area contributed by atoms with E-state index in [0.29, 0.717) is 32.2 Å². The van der Waals surface area contributed by atoms with E-state index in [1.165, 1.54) is 180 Å². The zero-order valence-electron chi connectivity index (χ0n) is 37.3. The van der Waals surface area contributed by atoms with E-state index in [2.05, 4.69) is 20.8 Å². The Kier molecular flexibility index (Phi) is 47.4. The molecule has 5 N–H and O–H groups in total. The summed E-state index contributed by atoms with van der Waals surface area (Å²) in [6.07, 6.45) is 45.5. The Morgan fingerprint density at radius 2 is 0.618 bits per heavy atom. The van der Waals surface area contributed by atoms with E-state index in [4.69, 9.17) is 11.5 Å². The monoisotopic (exact) mass is 780 g/mol. The molecule has 0 rings (SSSR count). The molecule has 0 aromatic rings. The zero-order valence-corrected chi connectivity index (χ0v) is 37.3. The van der Waals surface area contributed by atoms with Crippen molar-refractivity contribution in [2.24, 2.45) is 11.5 Å². The van der Waals surface area contributed by atoms with Crippen LogP contribution in [0.25, 0.3) is 0 Å². The molecule has 328 valence electrons. The summed E-state index contributed by atoms with van der Waals surface area (Å²) in [5.41, 5.74) is 11.1. The number of hydrogen-bond donors (Lipinski definition) is 3. The molecule has 0 spiro atoms. The third-order valence-electron chi connectivity index (χ3n) is 11.1. The van der Waals surface area contributed by atoms with E-state index in [1.54, 1.807) is 0 Å². The maximum atomic E-state index is 13.0. The molecule has 0 saturated carbocycles. The third kappa shape index (κ3) is 40.5. The van der Waals surface area contributed by atoms with Gasteiger partial charge in [0, 0.05) is 12.8 Å². The number of amides is 2. The molecule has 0 saturated heterocycles. The van der Waals surface area contributed by atoms with Gasteiger partial charge in [-0.15, -0.1) is 0 Å². The molecule has 0 heterocycles. The van der Waals surface area contributed by atoms with Gasteiger partial charge in [0.25, 0.3) is 0 Å². The van der Waals surface area contributed by atoms with Gasteiger partial charge in [0.1, 0.15) is 6.04 Å². The summed E-state index contributed by atoms with van der Waals surface area (Å²) >= 11 is 0. The first-order valence-corrected chi connectivity index (χ1v) is 24.4. The summed E-state index contributed by atoms with van der Waals surface area (Å²) in [5.74, 6) is -1.73. The molecular weight excluding hydrogens is 683 g/mol. The molecule has 7 nitrogen and oxygen atoms in total. The molecule has 55 heavy (non-hydrogen) atoms. The summed E-state index contributed by atoms with van der Waals surface area (Å²) in [7, 11) is 0. The standard InChI is InChI=1S/C30H58N2O4.C18H39N/c1-3-5-7-9-11-13-15-17-19-24-28(33)32(27(30(35)36)23-21-22-26-31)29(34)25-20-18-16-14-12-10-8-6-4-2;1-2-3-4-5-6-7-8-9-10-11-12-13-14-15-16-17-18-19/h27H,3-26,31H2,1-2H3,(H,35,36);2-19H2,1H3. The molecule has 0 radical (unpaired) electrons. The fraction of sp³-hybridized carbons (Fsp3) is 0.938. The molecule has 0 aromatic carbocycles. The van der Waals surface area contributed by atoms with Crippen molar-refractivity contribution in [1.82, 2.24) is 4.90 Å². The predicted octanol–water partition coefficient (Wildman–Crippen LogP) is 14.0. The van der Waals surface area contributed by atoms with Gasteiger partial charge >= 0.3 is 5.97 Å². The number of unbranched alkanes of at least 4 members (excludes halogenated alkanes) is 32. The van der Waals surface area contributed by atoms with Crippen LogP contribution in [0.2, 0.25) is 0 Å². The van der Waals surface area contributed by atoms with Gasteiger partial charge in [0.15, 0.2) is 0 Å². The molecule has 0 fully saturated rings. The van der Waals surface area contributed by atoms with Gasteiger partial charge in [0.05, 0.1) is 0 Å². The number of imide groups is 1. The van der Waals surface area contributed by atoms with E-state index in [9.17, 15) is 19.5 Å². The lowest BCUT2D eigenvalue weighted by atomic mass is 10.0. The SMILES string of the molecule is CCCCCCCCCCCC(=O)N(C(=O)CCCCCCCCCCC)C(CCCCN)C(=O)O.CCCCCCCCCCCCCCCCCCN. The molecule has 0 bridgehead atoms. The number of carbonyl (C=O) groups is 3. The Morgan fingerprint density at radius 1 is 0.382 bits per heavy atom. The Balaban J connectivity index is 0. The number of hydrogen-bond acceptors (Lipinski definition) is 5. The number of carboxylic acid groups (broad SMARTS) is 1. The van der Waals surface area contributed by atoms with Gasteiger partial charge < -0.3 is 16.6 Å². The topological polar surface area (TPSA) is 127 Å². The number of carbonyl (C=O) groups excluding carboxylic acids is 2. The Morgan fingerprint density at radius 3 is 0.873 bits per heavy atom. The lowest BCUT2D eigenvalue weighted by molar-refractivity contribution is -0.158. The van der Waals surface area contributed by atoms with Crippen molar-refractivity contribution >= 4 is 17.8 Å². The number of rotatable bonds is 42. The Labute approximate surface area is 343 Å². The first-order chi connectivity index (χ1) is 26.9. The van der Waals surface area contributed by atoms with Crippen molar-refractivity contribution < 1.29 is 19.5 Å². The molecule has 0 aliphatic heterocycles. The van der Waals surface area contributed by atoms with Gasteiger partial charge in [-0.1, -0.05) is 220 Å². The van der Waals surface area contributed by atoms with Gasteiger partial charge in [-0.05, 0) is 51.6 Å². The number of carboxylic acids is 1. The quantitative estimate of drug-likeness (QED) is 0.0529. The van der Waals surface area contributed by atoms with E-state index < -0.39 is 12.0 Å². The van der Waals surface area contributed by atoms with Gasteiger partial charge in [-0.2, -0.15) is 0 Å². The number of nitrogens with two attached hydrogens (primary N) is 2. The number of aliphatic carboxylic acids is 1. The van der Waals surface area contributed by atoms with Gasteiger partial charge in [0.2, 0.25) is 11.8 Å². The van der Waals surface area contributed by atoms with E-state index >= 15 is 0 Å². The predicted molar refractivity (Wildman–Crippen MR) is 238 cm³/mol. The largest absolute Gasteiger partial charge is 0.480 e. The van der Waals surface area contributed by atoms with Crippen LogP contribution in [0.5, 0.6) is 0 Å². The average molecular weight is 780 g/mol. The van der Waals surface area contributed by atoms with Crippen LogP contribution in [-0.4, -0.2) is 46.9 Å². The molecule has 1 atom stereocenters. The average Bonchev–Trinajstić information content (AvgIpc) is 3.18. The summed E-state index contributed by atoms with van der Waals surface area (Å²) in [4.78, 5) is 39.2. The fourth-order valence-corrected chi connectivity index (χ4v) is 7.44. The lowest BCUT2D eigenvalue weighted by Gasteiger charge is -2.27. The van der Waals surface area contributed by atoms with Crippen molar-refractivity contribution in [1.29, 1.82) is 0 Å². The van der Waals surface area contributed by atoms with Crippen LogP contribution in [0.3, 0.4) is 0 Å². The van der Waals surface area contributed by atoms with E-state index in [0.717, 1.165) is 37.1 Å². The van der Waals surface area contributed by atoms with Crippen molar-refractivity contribution in [2.75, 3.05) is 13.1 Å². The highest BCUT2D eigenvalue weighted by Crippen LogP contribution is 2.19. The van der Waals surface area contributed by atoms with Gasteiger partial charge in [-0.3, -0.25) is 14.5 Å². The zero-order chi connectivity index (χ0) is 40.9. The van der Waals surface area contributed by atoms with Crippen LogP contribution >= 0.6 is 0 Å². The Hall–Kier alpha value is -1.47. The van der Waals surface area contributed by atoms with Crippen LogP contribution in [0.1, 0.15) is 271 Å². The van der Waals surface area contributed by atoms with Crippen LogP contribution < -0.4 is 11.5 Å². The number of nitrogens with zero attached hydrogens (tertiary/aromatic N) is 1. The molecule has 0 aliphatic carbocycles. The van der Waals surface area contributed by atoms with E-state index in [-0.39, 0.29) is 31.1 Å². The van der Waals surface area contributed by atoms with Crippen molar-refractivity contribution in [2.45, 2.75) is 277 Å². The van der Waals surface area contributed by atoms with Crippen LogP contribution in [0.15, 0.2) is 0 Å².